The number of hydrogen-bond donors (Lipinski definition) is 1. The summed E-state index contributed by atoms with van der Waals surface area (Å²) < 4.78 is 40.0. The molecule has 1 fully saturated rings. The molecule has 0 radical (unpaired) electrons. The maximum Gasteiger partial charge on any atom is 0.432 e. The molecule has 1 atom stereocenters. The number of imidazole rings is 1. The number of likely N-dealkylation sites (tertiary alicyclic amines) is 1. The highest BCUT2D eigenvalue weighted by molar-refractivity contribution is 5.10. The van der Waals surface area contributed by atoms with Crippen molar-refractivity contribution in [2.45, 2.75) is 51.4 Å². The molecule has 0 saturated carbocycles. The van der Waals surface area contributed by atoms with Gasteiger partial charge in [-0.2, -0.15) is 18.3 Å². The molecular formula is C15H21F3N6. The Morgan fingerprint density at radius 3 is 2.79 bits per heavy atom. The smallest absolute Gasteiger partial charge is 0.338 e. The highest BCUT2D eigenvalue weighted by atomic mass is 19.4. The number of hydrogen-bond acceptors (Lipinski definition) is 4. The largest absolute Gasteiger partial charge is 0.432 e. The van der Waals surface area contributed by atoms with Gasteiger partial charge in [0.15, 0.2) is 0 Å². The van der Waals surface area contributed by atoms with Crippen LogP contribution in [0.25, 0.3) is 0 Å². The number of halogens is 3. The predicted octanol–water partition coefficient (Wildman–Crippen LogP) is 2.98. The fourth-order valence-electron chi connectivity index (χ4n) is 3.13. The van der Waals surface area contributed by atoms with E-state index in [1.807, 2.05) is 18.5 Å². The Hall–Kier alpha value is -1.90. The summed E-state index contributed by atoms with van der Waals surface area (Å²) in [4.78, 5) is 12.9. The van der Waals surface area contributed by atoms with E-state index >= 15 is 0 Å². The summed E-state index contributed by atoms with van der Waals surface area (Å²) in [7, 11) is 0. The van der Waals surface area contributed by atoms with Crippen molar-refractivity contribution in [1.82, 2.24) is 29.6 Å². The standard InChI is InChI=1S/C15H21F3N6/c1-10(2)24-13(20-9-21-24)8-23-5-3-4-11(7-23)14-19-6-12(22-14)15(16,17)18/h6,9-11H,3-5,7-8H2,1-2H3,(H,19,22)/t11-/m1/s1. The van der Waals surface area contributed by atoms with E-state index in [0.29, 0.717) is 18.9 Å². The lowest BCUT2D eigenvalue weighted by atomic mass is 9.97. The van der Waals surface area contributed by atoms with Crippen LogP contribution in [0.15, 0.2) is 12.5 Å². The lowest BCUT2D eigenvalue weighted by Crippen LogP contribution is -2.35. The van der Waals surface area contributed by atoms with Gasteiger partial charge in [-0.3, -0.25) is 4.90 Å². The summed E-state index contributed by atoms with van der Waals surface area (Å²) in [6, 6.07) is 0.225. The summed E-state index contributed by atoms with van der Waals surface area (Å²) in [5.74, 6) is 1.27. The number of nitrogens with one attached hydrogen (secondary N) is 1. The van der Waals surface area contributed by atoms with Crippen LogP contribution in [0, 0.1) is 0 Å². The second-order valence-electron chi connectivity index (χ2n) is 6.47. The van der Waals surface area contributed by atoms with Gasteiger partial charge in [-0.1, -0.05) is 0 Å². The highest BCUT2D eigenvalue weighted by Gasteiger charge is 2.34. The lowest BCUT2D eigenvalue weighted by molar-refractivity contribution is -0.141. The van der Waals surface area contributed by atoms with Crippen LogP contribution in [0.3, 0.4) is 0 Å². The Labute approximate surface area is 138 Å². The monoisotopic (exact) mass is 342 g/mol. The summed E-state index contributed by atoms with van der Waals surface area (Å²) in [6.07, 6.45) is -0.212. The molecule has 0 aromatic carbocycles. The second kappa shape index (κ2) is 6.54. The summed E-state index contributed by atoms with van der Waals surface area (Å²) in [5.41, 5.74) is -0.783. The Balaban J connectivity index is 1.68. The maximum atomic E-state index is 12.7. The van der Waals surface area contributed by atoms with Gasteiger partial charge in [-0.15, -0.1) is 0 Å². The number of aromatic amines is 1. The third kappa shape index (κ3) is 3.61. The first-order chi connectivity index (χ1) is 11.3. The zero-order valence-corrected chi connectivity index (χ0v) is 13.7. The Morgan fingerprint density at radius 1 is 1.33 bits per heavy atom. The van der Waals surface area contributed by atoms with Crippen LogP contribution >= 0.6 is 0 Å². The molecule has 0 aliphatic carbocycles. The number of alkyl halides is 3. The van der Waals surface area contributed by atoms with Gasteiger partial charge < -0.3 is 4.98 Å². The van der Waals surface area contributed by atoms with E-state index in [1.54, 1.807) is 6.33 Å². The average Bonchev–Trinajstić information content (AvgIpc) is 3.16. The van der Waals surface area contributed by atoms with Gasteiger partial charge in [0.1, 0.15) is 23.7 Å². The molecule has 0 unspecified atom stereocenters. The van der Waals surface area contributed by atoms with E-state index in [4.69, 9.17) is 0 Å². The molecule has 0 bridgehead atoms. The predicted molar refractivity (Wildman–Crippen MR) is 81.2 cm³/mol. The van der Waals surface area contributed by atoms with Crippen LogP contribution in [0.2, 0.25) is 0 Å². The molecule has 24 heavy (non-hydrogen) atoms. The van der Waals surface area contributed by atoms with Gasteiger partial charge in [0, 0.05) is 18.5 Å². The molecule has 3 heterocycles. The van der Waals surface area contributed by atoms with Crippen LogP contribution in [0.5, 0.6) is 0 Å². The number of piperidine rings is 1. The molecule has 6 nitrogen and oxygen atoms in total. The first-order valence-corrected chi connectivity index (χ1v) is 8.07. The van der Waals surface area contributed by atoms with Gasteiger partial charge in [0.25, 0.3) is 0 Å². The second-order valence-corrected chi connectivity index (χ2v) is 6.47. The minimum atomic E-state index is -4.38. The van der Waals surface area contributed by atoms with E-state index in [9.17, 15) is 13.2 Å². The van der Waals surface area contributed by atoms with Gasteiger partial charge in [-0.25, -0.2) is 14.6 Å². The first-order valence-electron chi connectivity index (χ1n) is 8.07. The number of aromatic nitrogens is 5. The van der Waals surface area contributed by atoms with E-state index in [2.05, 4.69) is 25.0 Å². The molecule has 1 N–H and O–H groups in total. The lowest BCUT2D eigenvalue weighted by Gasteiger charge is -2.31. The quantitative estimate of drug-likeness (QED) is 0.928. The molecule has 1 saturated heterocycles. The average molecular weight is 342 g/mol. The topological polar surface area (TPSA) is 62.6 Å². The third-order valence-electron chi connectivity index (χ3n) is 4.29. The zero-order chi connectivity index (χ0) is 17.3. The molecule has 132 valence electrons. The number of nitrogens with zero attached hydrogens (tertiary/aromatic N) is 5. The minimum Gasteiger partial charge on any atom is -0.338 e. The summed E-state index contributed by atoms with van der Waals surface area (Å²) in [6.45, 7) is 6.28. The van der Waals surface area contributed by atoms with E-state index < -0.39 is 11.9 Å². The van der Waals surface area contributed by atoms with Crippen LogP contribution in [0.4, 0.5) is 13.2 Å². The normalized spacial score (nSPS) is 20.0. The molecule has 1 aliphatic heterocycles. The first kappa shape index (κ1) is 16.9. The van der Waals surface area contributed by atoms with Crippen molar-refractivity contribution in [2.24, 2.45) is 0 Å². The minimum absolute atomic E-state index is 0.0229. The fourth-order valence-corrected chi connectivity index (χ4v) is 3.13. The van der Waals surface area contributed by atoms with Crippen molar-refractivity contribution in [3.8, 4) is 0 Å². The van der Waals surface area contributed by atoms with Crippen LogP contribution in [-0.2, 0) is 12.7 Å². The Morgan fingerprint density at radius 2 is 2.12 bits per heavy atom. The van der Waals surface area contributed by atoms with Gasteiger partial charge >= 0.3 is 6.18 Å². The summed E-state index contributed by atoms with van der Waals surface area (Å²) >= 11 is 0. The van der Waals surface area contributed by atoms with Gasteiger partial charge in [0.2, 0.25) is 0 Å². The molecular weight excluding hydrogens is 321 g/mol. The van der Waals surface area contributed by atoms with Crippen molar-refractivity contribution in [3.63, 3.8) is 0 Å². The molecule has 2 aromatic heterocycles. The molecule has 0 spiro atoms. The fraction of sp³-hybridized carbons (Fsp3) is 0.667. The Kier molecular flexibility index (Phi) is 4.62. The third-order valence-corrected chi connectivity index (χ3v) is 4.29. The van der Waals surface area contributed by atoms with Gasteiger partial charge in [-0.05, 0) is 33.2 Å². The van der Waals surface area contributed by atoms with Crippen molar-refractivity contribution in [3.05, 3.63) is 29.9 Å². The van der Waals surface area contributed by atoms with Crippen molar-refractivity contribution < 1.29 is 13.2 Å². The van der Waals surface area contributed by atoms with Crippen LogP contribution in [0.1, 0.15) is 56.0 Å². The molecule has 2 aromatic rings. The van der Waals surface area contributed by atoms with E-state index in [-0.39, 0.29) is 12.0 Å². The molecule has 9 heteroatoms. The summed E-state index contributed by atoms with van der Waals surface area (Å²) in [5, 5.41) is 4.22. The molecule has 1 aliphatic rings. The number of H-pyrrole nitrogens is 1. The van der Waals surface area contributed by atoms with Crippen molar-refractivity contribution in [1.29, 1.82) is 0 Å². The zero-order valence-electron chi connectivity index (χ0n) is 13.7. The number of rotatable bonds is 4. The molecule has 0 amide bonds. The van der Waals surface area contributed by atoms with Crippen molar-refractivity contribution >= 4 is 0 Å². The highest BCUT2D eigenvalue weighted by Crippen LogP contribution is 2.31. The van der Waals surface area contributed by atoms with E-state index in [1.165, 1.54) is 0 Å². The Bertz CT molecular complexity index is 675. The van der Waals surface area contributed by atoms with Crippen molar-refractivity contribution in [2.75, 3.05) is 13.1 Å². The van der Waals surface area contributed by atoms with Crippen LogP contribution in [-0.4, -0.2) is 42.7 Å². The van der Waals surface area contributed by atoms with E-state index in [0.717, 1.165) is 31.4 Å². The van der Waals surface area contributed by atoms with Gasteiger partial charge in [0.05, 0.1) is 12.7 Å². The maximum absolute atomic E-state index is 12.7. The SMILES string of the molecule is CC(C)n1ncnc1CN1CCC[C@@H](c2ncc(C(F)(F)F)[nH]2)C1. The molecule has 3 rings (SSSR count). The van der Waals surface area contributed by atoms with Crippen LogP contribution < -0.4 is 0 Å².